The van der Waals surface area contributed by atoms with Gasteiger partial charge in [-0.25, -0.2) is 0 Å². The van der Waals surface area contributed by atoms with Crippen molar-refractivity contribution in [2.24, 2.45) is 52.3 Å². The Bertz CT molecular complexity index is 544. The van der Waals surface area contributed by atoms with Crippen LogP contribution in [0, 0.1) is 52.3 Å². The van der Waals surface area contributed by atoms with Crippen LogP contribution in [-0.2, 0) is 0 Å². The summed E-state index contributed by atoms with van der Waals surface area (Å²) in [5.41, 5.74) is 1.28. The minimum atomic E-state index is 0.625. The van der Waals surface area contributed by atoms with E-state index in [9.17, 15) is 0 Å². The van der Waals surface area contributed by atoms with Crippen molar-refractivity contribution in [2.75, 3.05) is 0 Å². The van der Waals surface area contributed by atoms with Crippen LogP contribution in [0.15, 0.2) is 12.2 Å². The first-order chi connectivity index (χ1) is 12.9. The topological polar surface area (TPSA) is 0 Å². The molecule has 0 aromatic carbocycles. The molecular weight excluding hydrogens is 324 g/mol. The van der Waals surface area contributed by atoms with Crippen LogP contribution >= 0.6 is 0 Å². The zero-order chi connectivity index (χ0) is 19.2. The van der Waals surface area contributed by atoms with E-state index < -0.39 is 0 Å². The monoisotopic (exact) mass is 370 g/mol. The van der Waals surface area contributed by atoms with Crippen molar-refractivity contribution >= 4 is 0 Å². The second-order valence-electron chi connectivity index (χ2n) is 12.1. The molecule has 4 aliphatic carbocycles. The lowest BCUT2D eigenvalue weighted by Gasteiger charge is -2.60. The van der Waals surface area contributed by atoms with Crippen LogP contribution in [0.25, 0.3) is 0 Å². The van der Waals surface area contributed by atoms with Crippen LogP contribution in [0.1, 0.15) is 105 Å². The number of hydrogen-bond donors (Lipinski definition) is 0. The first-order valence-electron chi connectivity index (χ1n) is 12.5. The van der Waals surface area contributed by atoms with Gasteiger partial charge < -0.3 is 0 Å². The fraction of sp³-hybridized carbons (Fsp3) is 0.926. The Morgan fingerprint density at radius 2 is 1.63 bits per heavy atom. The highest BCUT2D eigenvalue weighted by Crippen LogP contribution is 2.68. The number of rotatable bonds is 5. The second kappa shape index (κ2) is 7.53. The van der Waals surface area contributed by atoms with Crippen molar-refractivity contribution in [2.45, 2.75) is 105 Å². The molecule has 0 heteroatoms. The smallest absolute Gasteiger partial charge is 0.0229 e. The Morgan fingerprint density at radius 1 is 0.852 bits per heavy atom. The molecule has 0 N–H and O–H groups in total. The van der Waals surface area contributed by atoms with E-state index in [1.807, 2.05) is 0 Å². The van der Waals surface area contributed by atoms with E-state index in [4.69, 9.17) is 0 Å². The number of allylic oxidation sites excluding steroid dienone is 2. The van der Waals surface area contributed by atoms with Gasteiger partial charge in [-0.1, -0.05) is 66.0 Å². The Morgan fingerprint density at radius 3 is 2.41 bits per heavy atom. The van der Waals surface area contributed by atoms with Crippen molar-refractivity contribution in [3.63, 3.8) is 0 Å². The molecule has 154 valence electrons. The van der Waals surface area contributed by atoms with Crippen LogP contribution < -0.4 is 0 Å². The van der Waals surface area contributed by atoms with Crippen molar-refractivity contribution in [1.82, 2.24) is 0 Å². The molecule has 0 amide bonds. The molecule has 0 heterocycles. The Kier molecular flexibility index (Phi) is 5.59. The maximum absolute atomic E-state index is 2.74. The summed E-state index contributed by atoms with van der Waals surface area (Å²) >= 11 is 0. The van der Waals surface area contributed by atoms with Crippen molar-refractivity contribution in [3.8, 4) is 0 Å². The second-order valence-corrected chi connectivity index (χ2v) is 12.1. The largest absolute Gasteiger partial charge is 0.0882 e. The summed E-state index contributed by atoms with van der Waals surface area (Å²) in [6, 6.07) is 0. The predicted octanol–water partition coefficient (Wildman–Crippen LogP) is 8.27. The fourth-order valence-corrected chi connectivity index (χ4v) is 8.86. The van der Waals surface area contributed by atoms with Crippen molar-refractivity contribution in [3.05, 3.63) is 12.2 Å². The maximum Gasteiger partial charge on any atom is -0.0229 e. The van der Waals surface area contributed by atoms with Gasteiger partial charge in [-0.3, -0.25) is 0 Å². The molecule has 0 aliphatic heterocycles. The third kappa shape index (κ3) is 3.36. The minimum absolute atomic E-state index is 0.625. The molecule has 0 nitrogen and oxygen atoms in total. The van der Waals surface area contributed by atoms with E-state index in [0.717, 1.165) is 41.4 Å². The van der Waals surface area contributed by atoms with Gasteiger partial charge in [0.05, 0.1) is 0 Å². The van der Waals surface area contributed by atoms with Gasteiger partial charge in [-0.05, 0) is 104 Å². The first-order valence-corrected chi connectivity index (χ1v) is 12.5. The van der Waals surface area contributed by atoms with Gasteiger partial charge >= 0.3 is 0 Å². The fourth-order valence-electron chi connectivity index (χ4n) is 8.86. The molecule has 0 saturated heterocycles. The molecule has 4 aliphatic rings. The SMILES string of the molecule is CC(C)CCC[C@@H](C)[C@@H]1CC[C@@H]2[C@@H]3CC[C@H]4CC=CC[C@]4(C)[C@@H]3CC[C@@]21C. The molecule has 27 heavy (non-hydrogen) atoms. The lowest BCUT2D eigenvalue weighted by molar-refractivity contribution is -0.101. The molecule has 3 fully saturated rings. The number of hydrogen-bond acceptors (Lipinski definition) is 0. The molecule has 0 unspecified atom stereocenters. The molecular formula is C27H46. The summed E-state index contributed by atoms with van der Waals surface area (Å²) in [5, 5.41) is 0. The van der Waals surface area contributed by atoms with Crippen LogP contribution in [0.5, 0.6) is 0 Å². The summed E-state index contributed by atoms with van der Waals surface area (Å²) in [7, 11) is 0. The summed E-state index contributed by atoms with van der Waals surface area (Å²) in [6.45, 7) is 12.8. The lowest BCUT2D eigenvalue weighted by atomic mass is 9.45. The van der Waals surface area contributed by atoms with Crippen LogP contribution in [0.4, 0.5) is 0 Å². The van der Waals surface area contributed by atoms with E-state index in [0.29, 0.717) is 10.8 Å². The Hall–Kier alpha value is -0.260. The molecule has 0 spiro atoms. The average molecular weight is 371 g/mol. The summed E-state index contributed by atoms with van der Waals surface area (Å²) in [5.74, 6) is 6.92. The normalized spacial score (nSPS) is 47.4. The molecule has 4 rings (SSSR count). The Labute approximate surface area is 170 Å². The molecule has 0 bridgehead atoms. The molecule has 0 aromatic heterocycles. The lowest BCUT2D eigenvalue weighted by Crippen LogP contribution is -2.52. The van der Waals surface area contributed by atoms with E-state index in [1.54, 1.807) is 12.8 Å². The van der Waals surface area contributed by atoms with Crippen molar-refractivity contribution in [1.29, 1.82) is 0 Å². The van der Waals surface area contributed by atoms with Crippen LogP contribution in [0.3, 0.4) is 0 Å². The van der Waals surface area contributed by atoms with Gasteiger partial charge in [-0.15, -0.1) is 0 Å². The van der Waals surface area contributed by atoms with E-state index in [2.05, 4.69) is 46.8 Å². The summed E-state index contributed by atoms with van der Waals surface area (Å²) in [4.78, 5) is 0. The van der Waals surface area contributed by atoms with E-state index in [-0.39, 0.29) is 0 Å². The van der Waals surface area contributed by atoms with Gasteiger partial charge in [0.2, 0.25) is 0 Å². The third-order valence-electron chi connectivity index (χ3n) is 10.4. The first kappa shape index (κ1) is 20.0. The third-order valence-corrected chi connectivity index (χ3v) is 10.4. The minimum Gasteiger partial charge on any atom is -0.0882 e. The standard InChI is InChI=1S/C27H46/c1-19(2)9-8-10-20(3)23-14-15-24-22-13-12-21-11-6-7-17-26(21,4)25(22)16-18-27(23,24)5/h6-7,19-25H,8-18H2,1-5H3/t20-,21-,22+,23+,24-,25-,26+,27-/m1/s1. The zero-order valence-electron chi connectivity index (χ0n) is 19.0. The molecule has 0 radical (unpaired) electrons. The number of fused-ring (bicyclic) bond motifs is 5. The van der Waals surface area contributed by atoms with Gasteiger partial charge in [0.15, 0.2) is 0 Å². The Balaban J connectivity index is 1.47. The van der Waals surface area contributed by atoms with Gasteiger partial charge in [0.1, 0.15) is 0 Å². The molecule has 8 atom stereocenters. The van der Waals surface area contributed by atoms with Gasteiger partial charge in [0.25, 0.3) is 0 Å². The molecule has 3 saturated carbocycles. The highest BCUT2D eigenvalue weighted by atomic mass is 14.6. The molecule has 0 aromatic rings. The van der Waals surface area contributed by atoms with Crippen LogP contribution in [0.2, 0.25) is 0 Å². The highest BCUT2D eigenvalue weighted by Gasteiger charge is 2.59. The quantitative estimate of drug-likeness (QED) is 0.427. The van der Waals surface area contributed by atoms with Gasteiger partial charge in [0, 0.05) is 0 Å². The zero-order valence-corrected chi connectivity index (χ0v) is 19.0. The van der Waals surface area contributed by atoms with E-state index in [1.165, 1.54) is 57.8 Å². The highest BCUT2D eigenvalue weighted by molar-refractivity contribution is 5.12. The summed E-state index contributed by atoms with van der Waals surface area (Å²) < 4.78 is 0. The summed E-state index contributed by atoms with van der Waals surface area (Å²) in [6.07, 6.45) is 21.3. The maximum atomic E-state index is 2.74. The predicted molar refractivity (Wildman–Crippen MR) is 118 cm³/mol. The average Bonchev–Trinajstić information content (AvgIpc) is 2.98. The van der Waals surface area contributed by atoms with Gasteiger partial charge in [-0.2, -0.15) is 0 Å². The van der Waals surface area contributed by atoms with E-state index >= 15 is 0 Å². The van der Waals surface area contributed by atoms with Crippen molar-refractivity contribution < 1.29 is 0 Å². The van der Waals surface area contributed by atoms with Crippen LogP contribution in [-0.4, -0.2) is 0 Å².